The van der Waals surface area contributed by atoms with Crippen molar-refractivity contribution in [3.05, 3.63) is 11.8 Å². The van der Waals surface area contributed by atoms with Crippen molar-refractivity contribution < 1.29 is 9.00 Å². The Morgan fingerprint density at radius 1 is 1.57 bits per heavy atom. The number of rotatable bonds is 3. The summed E-state index contributed by atoms with van der Waals surface area (Å²) >= 11 is 0. The van der Waals surface area contributed by atoms with Crippen LogP contribution in [0.3, 0.4) is 0 Å². The second-order valence-corrected chi connectivity index (χ2v) is 5.05. The fourth-order valence-corrected chi connectivity index (χ4v) is 2.10. The predicted molar refractivity (Wildman–Crippen MR) is 58.3 cm³/mol. The van der Waals surface area contributed by atoms with Gasteiger partial charge in [-0.3, -0.25) is 9.00 Å². The fraction of sp³-hybridized carbons (Fsp3) is 0.700. The number of hydrogen-bond donors (Lipinski definition) is 0. The lowest BCUT2D eigenvalue weighted by Gasteiger charge is -2.23. The van der Waals surface area contributed by atoms with Gasteiger partial charge in [0.2, 0.25) is 5.91 Å². The Hall–Kier alpha value is -0.640. The fourth-order valence-electron chi connectivity index (χ4n) is 1.56. The highest BCUT2D eigenvalue weighted by Crippen LogP contribution is 2.19. The summed E-state index contributed by atoms with van der Waals surface area (Å²) in [5, 5.41) is 0. The Kier molecular flexibility index (Phi) is 4.32. The molecule has 1 aliphatic rings. The zero-order valence-electron chi connectivity index (χ0n) is 8.78. The first-order valence-electron chi connectivity index (χ1n) is 4.87. The van der Waals surface area contributed by atoms with E-state index in [9.17, 15) is 9.00 Å². The summed E-state index contributed by atoms with van der Waals surface area (Å²) < 4.78 is 10.9. The maximum Gasteiger partial charge on any atom is 0.239 e. The van der Waals surface area contributed by atoms with Crippen LogP contribution >= 0.6 is 0 Å². The molecular formula is C10H17NO2S. The molecule has 14 heavy (non-hydrogen) atoms. The smallest absolute Gasteiger partial charge is 0.239 e. The molecule has 1 amide bonds. The summed E-state index contributed by atoms with van der Waals surface area (Å²) in [6.45, 7) is 0. The lowest BCUT2D eigenvalue weighted by Crippen LogP contribution is -2.30. The third-order valence-corrected chi connectivity index (χ3v) is 3.05. The minimum absolute atomic E-state index is 0.0426. The number of carbonyl (C=O) groups is 1. The Morgan fingerprint density at radius 2 is 2.29 bits per heavy atom. The first kappa shape index (κ1) is 11.4. The minimum atomic E-state index is -1.04. The highest BCUT2D eigenvalue weighted by Gasteiger charge is 2.15. The van der Waals surface area contributed by atoms with Crippen molar-refractivity contribution in [2.75, 3.05) is 19.1 Å². The quantitative estimate of drug-likeness (QED) is 0.711. The van der Waals surface area contributed by atoms with Gasteiger partial charge in [0.05, 0.1) is 0 Å². The van der Waals surface area contributed by atoms with Gasteiger partial charge in [-0.05, 0) is 25.7 Å². The highest BCUT2D eigenvalue weighted by atomic mass is 32.2. The molecule has 0 spiro atoms. The van der Waals surface area contributed by atoms with E-state index in [0.717, 1.165) is 25.0 Å². The molecule has 0 saturated heterocycles. The Morgan fingerprint density at radius 3 is 2.79 bits per heavy atom. The van der Waals surface area contributed by atoms with Crippen molar-refractivity contribution in [1.82, 2.24) is 4.90 Å². The highest BCUT2D eigenvalue weighted by molar-refractivity contribution is 7.85. The van der Waals surface area contributed by atoms with Gasteiger partial charge < -0.3 is 4.90 Å². The topological polar surface area (TPSA) is 37.4 Å². The molecule has 0 heterocycles. The second-order valence-electron chi connectivity index (χ2n) is 3.61. The van der Waals surface area contributed by atoms with Crippen LogP contribution in [0.1, 0.15) is 25.7 Å². The number of hydrogen-bond acceptors (Lipinski definition) is 2. The van der Waals surface area contributed by atoms with E-state index < -0.39 is 10.8 Å². The van der Waals surface area contributed by atoms with E-state index in [1.165, 1.54) is 6.42 Å². The first-order valence-corrected chi connectivity index (χ1v) is 6.59. The second kappa shape index (κ2) is 5.29. The molecule has 0 aromatic heterocycles. The van der Waals surface area contributed by atoms with E-state index >= 15 is 0 Å². The molecule has 0 aromatic rings. The van der Waals surface area contributed by atoms with Gasteiger partial charge in [0.15, 0.2) is 0 Å². The van der Waals surface area contributed by atoms with Crippen LogP contribution in [-0.2, 0) is 15.6 Å². The van der Waals surface area contributed by atoms with Crippen LogP contribution in [0.15, 0.2) is 11.8 Å². The van der Waals surface area contributed by atoms with Crippen LogP contribution in [0.4, 0.5) is 0 Å². The first-order chi connectivity index (χ1) is 6.61. The van der Waals surface area contributed by atoms with E-state index in [-0.39, 0.29) is 11.7 Å². The molecule has 0 saturated carbocycles. The normalized spacial score (nSPS) is 18.6. The van der Waals surface area contributed by atoms with E-state index in [2.05, 4.69) is 6.08 Å². The summed E-state index contributed by atoms with van der Waals surface area (Å²) in [5.41, 5.74) is 1.09. The summed E-state index contributed by atoms with van der Waals surface area (Å²) in [7, 11) is 0.731. The molecule has 80 valence electrons. The Bertz CT molecular complexity index is 273. The molecule has 0 bridgehead atoms. The zero-order valence-corrected chi connectivity index (χ0v) is 9.60. The third-order valence-electron chi connectivity index (χ3n) is 2.40. The number of nitrogens with zero attached hydrogens (tertiary/aromatic N) is 1. The maximum absolute atomic E-state index is 11.5. The summed E-state index contributed by atoms with van der Waals surface area (Å²) in [6, 6.07) is 0. The molecule has 0 aromatic carbocycles. The van der Waals surface area contributed by atoms with Gasteiger partial charge in [-0.15, -0.1) is 0 Å². The minimum Gasteiger partial charge on any atom is -0.319 e. The van der Waals surface area contributed by atoms with E-state index in [0.29, 0.717) is 0 Å². The van der Waals surface area contributed by atoms with Crippen molar-refractivity contribution in [3.63, 3.8) is 0 Å². The average molecular weight is 215 g/mol. The monoisotopic (exact) mass is 215 g/mol. The molecule has 0 N–H and O–H groups in total. The zero-order chi connectivity index (χ0) is 10.6. The van der Waals surface area contributed by atoms with Crippen molar-refractivity contribution in [1.29, 1.82) is 0 Å². The number of carbonyl (C=O) groups excluding carboxylic acids is 1. The Labute approximate surface area is 87.6 Å². The van der Waals surface area contributed by atoms with Gasteiger partial charge in [-0.1, -0.05) is 6.08 Å². The van der Waals surface area contributed by atoms with Crippen molar-refractivity contribution in [3.8, 4) is 0 Å². The van der Waals surface area contributed by atoms with Crippen LogP contribution < -0.4 is 0 Å². The van der Waals surface area contributed by atoms with Crippen molar-refractivity contribution >= 4 is 16.7 Å². The summed E-state index contributed by atoms with van der Waals surface area (Å²) in [5.74, 6) is 0.0902. The SMILES string of the molecule is CN(C(=O)CS(C)=O)C1=CCCCC1. The molecular weight excluding hydrogens is 198 g/mol. The molecule has 1 aliphatic carbocycles. The number of amides is 1. The maximum atomic E-state index is 11.5. The van der Waals surface area contributed by atoms with Gasteiger partial charge in [0.25, 0.3) is 0 Å². The van der Waals surface area contributed by atoms with Crippen molar-refractivity contribution in [2.24, 2.45) is 0 Å². The van der Waals surface area contributed by atoms with E-state index in [1.807, 2.05) is 0 Å². The average Bonchev–Trinajstić information content (AvgIpc) is 2.17. The molecule has 1 unspecified atom stereocenters. The van der Waals surface area contributed by atoms with Crippen LogP contribution in [-0.4, -0.2) is 34.1 Å². The van der Waals surface area contributed by atoms with Crippen LogP contribution in [0.5, 0.6) is 0 Å². The van der Waals surface area contributed by atoms with Gasteiger partial charge in [-0.25, -0.2) is 0 Å². The molecule has 3 nitrogen and oxygen atoms in total. The third kappa shape index (κ3) is 3.25. The molecule has 1 rings (SSSR count). The molecule has 0 radical (unpaired) electrons. The lowest BCUT2D eigenvalue weighted by atomic mass is 10.0. The standard InChI is InChI=1S/C10H17NO2S/c1-11(10(12)8-14(2)13)9-6-4-3-5-7-9/h6H,3-5,7-8H2,1-2H3. The lowest BCUT2D eigenvalue weighted by molar-refractivity contribution is -0.125. The van der Waals surface area contributed by atoms with Crippen LogP contribution in [0.25, 0.3) is 0 Å². The largest absolute Gasteiger partial charge is 0.319 e. The van der Waals surface area contributed by atoms with Gasteiger partial charge in [-0.2, -0.15) is 0 Å². The molecule has 4 heteroatoms. The van der Waals surface area contributed by atoms with Crippen LogP contribution in [0, 0.1) is 0 Å². The van der Waals surface area contributed by atoms with Gasteiger partial charge in [0, 0.05) is 29.8 Å². The summed E-state index contributed by atoms with van der Waals surface area (Å²) in [6.07, 6.45) is 8.06. The molecule has 0 aliphatic heterocycles. The van der Waals surface area contributed by atoms with E-state index in [4.69, 9.17) is 0 Å². The Balaban J connectivity index is 2.54. The predicted octanol–water partition coefficient (Wildman–Crippen LogP) is 1.28. The van der Waals surface area contributed by atoms with Crippen LogP contribution in [0.2, 0.25) is 0 Å². The van der Waals surface area contributed by atoms with Crippen molar-refractivity contribution in [2.45, 2.75) is 25.7 Å². The molecule has 0 fully saturated rings. The van der Waals surface area contributed by atoms with E-state index in [1.54, 1.807) is 18.2 Å². The molecule has 1 atom stereocenters. The van der Waals surface area contributed by atoms with Gasteiger partial charge >= 0.3 is 0 Å². The summed E-state index contributed by atoms with van der Waals surface area (Å²) in [4.78, 5) is 13.2. The number of allylic oxidation sites excluding steroid dienone is 2. The van der Waals surface area contributed by atoms with Gasteiger partial charge in [0.1, 0.15) is 5.75 Å².